The molecule has 158 valence electrons. The van der Waals surface area contributed by atoms with Crippen molar-refractivity contribution in [3.8, 4) is 17.2 Å². The van der Waals surface area contributed by atoms with E-state index >= 15 is 0 Å². The predicted octanol–water partition coefficient (Wildman–Crippen LogP) is 7.32. The highest BCUT2D eigenvalue weighted by Gasteiger charge is 2.14. The number of anilines is 1. The van der Waals surface area contributed by atoms with Gasteiger partial charge in [0.25, 0.3) is 5.91 Å². The van der Waals surface area contributed by atoms with Crippen LogP contribution in [0.4, 0.5) is 5.69 Å². The molecule has 1 N–H and O–H groups in total. The largest absolute Gasteiger partial charge is 0.496 e. The van der Waals surface area contributed by atoms with E-state index in [2.05, 4.69) is 26.2 Å². The number of carbonyl (C=O) groups excluding carboxylic acids is 1. The molecule has 5 aromatic rings. The molecule has 0 unspecified atom stereocenters. The molecule has 1 heterocycles. The molecule has 0 saturated carbocycles. The minimum Gasteiger partial charge on any atom is -0.496 e. The van der Waals surface area contributed by atoms with Crippen LogP contribution < -0.4 is 10.1 Å². The molecule has 0 radical (unpaired) electrons. The number of carbonyl (C=O) groups is 1. The Morgan fingerprint density at radius 1 is 1.03 bits per heavy atom. The first-order valence-corrected chi connectivity index (χ1v) is 10.9. The van der Waals surface area contributed by atoms with Crippen molar-refractivity contribution in [2.45, 2.75) is 0 Å². The van der Waals surface area contributed by atoms with Crippen molar-refractivity contribution < 1.29 is 13.9 Å². The molecule has 4 aromatic carbocycles. The number of oxazole rings is 1. The van der Waals surface area contributed by atoms with Gasteiger partial charge in [-0.3, -0.25) is 4.79 Å². The van der Waals surface area contributed by atoms with Gasteiger partial charge in [0.05, 0.1) is 11.6 Å². The van der Waals surface area contributed by atoms with E-state index in [1.54, 1.807) is 31.4 Å². The van der Waals surface area contributed by atoms with E-state index in [0.717, 1.165) is 26.6 Å². The van der Waals surface area contributed by atoms with Gasteiger partial charge in [0.1, 0.15) is 11.3 Å². The highest BCUT2D eigenvalue weighted by molar-refractivity contribution is 9.10. The van der Waals surface area contributed by atoms with Gasteiger partial charge in [-0.2, -0.15) is 0 Å². The van der Waals surface area contributed by atoms with Crippen molar-refractivity contribution >= 4 is 61.0 Å². The summed E-state index contributed by atoms with van der Waals surface area (Å²) in [6.07, 6.45) is 0. The van der Waals surface area contributed by atoms with Crippen LogP contribution >= 0.6 is 27.5 Å². The summed E-state index contributed by atoms with van der Waals surface area (Å²) >= 11 is 9.76. The lowest BCUT2D eigenvalue weighted by Gasteiger charge is -2.09. The van der Waals surface area contributed by atoms with Gasteiger partial charge in [-0.25, -0.2) is 4.98 Å². The van der Waals surface area contributed by atoms with Crippen LogP contribution in [-0.2, 0) is 0 Å². The van der Waals surface area contributed by atoms with Gasteiger partial charge in [-0.05, 0) is 69.8 Å². The van der Waals surface area contributed by atoms with E-state index < -0.39 is 0 Å². The van der Waals surface area contributed by atoms with Crippen LogP contribution in [0.15, 0.2) is 81.7 Å². The van der Waals surface area contributed by atoms with Crippen LogP contribution in [0.5, 0.6) is 5.75 Å². The number of halogens is 2. The molecule has 0 fully saturated rings. The predicted molar refractivity (Wildman–Crippen MR) is 131 cm³/mol. The number of methoxy groups -OCH3 is 1. The van der Waals surface area contributed by atoms with E-state index in [9.17, 15) is 4.79 Å². The van der Waals surface area contributed by atoms with Gasteiger partial charge in [0, 0.05) is 27.2 Å². The van der Waals surface area contributed by atoms with Gasteiger partial charge < -0.3 is 14.5 Å². The van der Waals surface area contributed by atoms with Crippen LogP contribution in [0.2, 0.25) is 5.02 Å². The average molecular weight is 508 g/mol. The van der Waals surface area contributed by atoms with Gasteiger partial charge in [0.15, 0.2) is 5.58 Å². The summed E-state index contributed by atoms with van der Waals surface area (Å²) in [5.41, 5.74) is 3.26. The number of ether oxygens (including phenoxy) is 1. The number of fused-ring (bicyclic) bond motifs is 2. The molecule has 1 aromatic heterocycles. The zero-order chi connectivity index (χ0) is 22.2. The Labute approximate surface area is 197 Å². The molecule has 32 heavy (non-hydrogen) atoms. The highest BCUT2D eigenvalue weighted by Crippen LogP contribution is 2.32. The molecule has 0 aliphatic rings. The third-order valence-corrected chi connectivity index (χ3v) is 6.11. The minimum atomic E-state index is -0.222. The molecule has 0 bridgehead atoms. The Morgan fingerprint density at radius 2 is 1.84 bits per heavy atom. The van der Waals surface area contributed by atoms with Crippen LogP contribution in [0, 0.1) is 0 Å². The van der Waals surface area contributed by atoms with Crippen LogP contribution in [0.25, 0.3) is 33.3 Å². The van der Waals surface area contributed by atoms with E-state index in [-0.39, 0.29) is 5.91 Å². The van der Waals surface area contributed by atoms with E-state index in [1.165, 1.54) is 0 Å². The van der Waals surface area contributed by atoms with Crippen LogP contribution in [0.3, 0.4) is 0 Å². The Morgan fingerprint density at radius 3 is 2.66 bits per heavy atom. The molecular weight excluding hydrogens is 492 g/mol. The highest BCUT2D eigenvalue weighted by atomic mass is 79.9. The first-order chi connectivity index (χ1) is 15.5. The monoisotopic (exact) mass is 506 g/mol. The molecule has 1 amide bonds. The second-order valence-corrected chi connectivity index (χ2v) is 8.41. The summed E-state index contributed by atoms with van der Waals surface area (Å²) in [5.74, 6) is 0.986. The zero-order valence-electron chi connectivity index (χ0n) is 16.9. The molecule has 5 nitrogen and oxygen atoms in total. The number of nitrogens with zero attached hydrogens (tertiary/aromatic N) is 1. The summed E-state index contributed by atoms with van der Waals surface area (Å²) in [6.45, 7) is 0. The number of amides is 1. The second kappa shape index (κ2) is 8.30. The van der Waals surface area contributed by atoms with Crippen LogP contribution in [0.1, 0.15) is 10.4 Å². The van der Waals surface area contributed by atoms with Crippen molar-refractivity contribution in [2.75, 3.05) is 12.4 Å². The maximum Gasteiger partial charge on any atom is 0.256 e. The number of aromatic nitrogens is 1. The Balaban J connectivity index is 1.45. The molecule has 0 aliphatic heterocycles. The maximum absolute atomic E-state index is 13.0. The van der Waals surface area contributed by atoms with E-state index in [1.807, 2.05) is 48.5 Å². The topological polar surface area (TPSA) is 64.4 Å². The number of hydrogen-bond donors (Lipinski definition) is 1. The summed E-state index contributed by atoms with van der Waals surface area (Å²) < 4.78 is 12.0. The molecule has 0 aliphatic carbocycles. The molecular formula is C25H16BrClN2O3. The van der Waals surface area contributed by atoms with E-state index in [0.29, 0.717) is 33.3 Å². The van der Waals surface area contributed by atoms with E-state index in [4.69, 9.17) is 20.8 Å². The normalized spacial score (nSPS) is 11.1. The molecule has 0 spiro atoms. The SMILES string of the molecule is COc1ccc(-c2nc3cc(NC(=O)c4cccc5c(Cl)cccc45)ccc3o2)cc1Br. The first-order valence-electron chi connectivity index (χ1n) is 9.76. The first kappa shape index (κ1) is 20.5. The fraction of sp³-hybridized carbons (Fsp3) is 0.0400. The second-order valence-electron chi connectivity index (χ2n) is 7.15. The maximum atomic E-state index is 13.0. The Kier molecular flexibility index (Phi) is 5.33. The van der Waals surface area contributed by atoms with Crippen molar-refractivity contribution in [3.05, 3.63) is 87.9 Å². The fourth-order valence-corrected chi connectivity index (χ4v) is 4.37. The standard InChI is InChI=1S/C25H16BrClN2O3/c1-31-22-10-8-14(12-19(22)26)25-29-21-13-15(9-11-23(21)32-25)28-24(30)18-6-2-5-17-16(18)4-3-7-20(17)27/h2-13H,1H3,(H,28,30). The molecule has 0 atom stereocenters. The molecule has 0 saturated heterocycles. The minimum absolute atomic E-state index is 0.222. The summed E-state index contributed by atoms with van der Waals surface area (Å²) in [6, 6.07) is 22.0. The van der Waals surface area contributed by atoms with Crippen molar-refractivity contribution in [1.82, 2.24) is 4.98 Å². The van der Waals surface area contributed by atoms with Crippen molar-refractivity contribution in [2.24, 2.45) is 0 Å². The van der Waals surface area contributed by atoms with Crippen LogP contribution in [-0.4, -0.2) is 18.0 Å². The number of nitrogens with one attached hydrogen (secondary N) is 1. The average Bonchev–Trinajstić information content (AvgIpc) is 3.22. The third kappa shape index (κ3) is 3.72. The lowest BCUT2D eigenvalue weighted by molar-refractivity contribution is 0.102. The Bertz CT molecular complexity index is 1500. The number of hydrogen-bond acceptors (Lipinski definition) is 4. The summed E-state index contributed by atoms with van der Waals surface area (Å²) in [4.78, 5) is 17.6. The lowest BCUT2D eigenvalue weighted by atomic mass is 10.0. The van der Waals surface area contributed by atoms with Gasteiger partial charge in [-0.1, -0.05) is 35.9 Å². The number of benzene rings is 4. The lowest BCUT2D eigenvalue weighted by Crippen LogP contribution is -2.12. The zero-order valence-corrected chi connectivity index (χ0v) is 19.2. The molecule has 5 rings (SSSR count). The summed E-state index contributed by atoms with van der Waals surface area (Å²) in [5, 5.41) is 5.19. The van der Waals surface area contributed by atoms with Crippen molar-refractivity contribution in [1.29, 1.82) is 0 Å². The number of rotatable bonds is 4. The van der Waals surface area contributed by atoms with Gasteiger partial charge >= 0.3 is 0 Å². The summed E-state index contributed by atoms with van der Waals surface area (Å²) in [7, 11) is 1.61. The third-order valence-electron chi connectivity index (χ3n) is 5.16. The smallest absolute Gasteiger partial charge is 0.256 e. The van der Waals surface area contributed by atoms with Crippen molar-refractivity contribution in [3.63, 3.8) is 0 Å². The quantitative estimate of drug-likeness (QED) is 0.277. The van der Waals surface area contributed by atoms with Gasteiger partial charge in [-0.15, -0.1) is 0 Å². The Hall–Kier alpha value is -3.35. The molecule has 7 heteroatoms. The van der Waals surface area contributed by atoms with Gasteiger partial charge in [0.2, 0.25) is 5.89 Å². The fourth-order valence-electron chi connectivity index (χ4n) is 3.60.